The first-order valence-corrected chi connectivity index (χ1v) is 29.9. The van der Waals surface area contributed by atoms with Crippen LogP contribution >= 0.6 is 11.3 Å². The number of aromatic nitrogens is 1. The molecule has 1 fully saturated rings. The van der Waals surface area contributed by atoms with E-state index < -0.39 is 108 Å². The summed E-state index contributed by atoms with van der Waals surface area (Å²) >= 11 is 1.14. The molecule has 0 radical (unpaired) electrons. The Labute approximate surface area is 497 Å². The Balaban J connectivity index is 1.49. The number of amides is 8. The third-order valence-corrected chi connectivity index (χ3v) is 16.5. The van der Waals surface area contributed by atoms with Crippen molar-refractivity contribution in [3.63, 3.8) is 0 Å². The van der Waals surface area contributed by atoms with E-state index in [-0.39, 0.29) is 68.0 Å². The molecule has 0 aliphatic carbocycles. The molecule has 23 nitrogen and oxygen atoms in total. The summed E-state index contributed by atoms with van der Waals surface area (Å²) in [6.07, 6.45) is 2.18. The fourth-order valence-electron chi connectivity index (χ4n) is 10.5. The van der Waals surface area contributed by atoms with E-state index in [1.165, 1.54) is 6.92 Å². The van der Waals surface area contributed by atoms with Crippen molar-refractivity contribution in [1.82, 2.24) is 36.5 Å². The number of ether oxygens (including phenoxy) is 1. The molecule has 1 aliphatic heterocycles. The second-order valence-corrected chi connectivity index (χ2v) is 24.0. The molecule has 0 saturated carbocycles. The molecular weight excluding hydrogens is 1100 g/mol. The Morgan fingerprint density at radius 1 is 0.821 bits per heavy atom. The van der Waals surface area contributed by atoms with Crippen molar-refractivity contribution in [3.8, 4) is 0 Å². The smallest absolute Gasteiger partial charge is 0.312 e. The number of rotatable bonds is 33. The lowest BCUT2D eigenvalue weighted by molar-refractivity contribution is -0.942. The Morgan fingerprint density at radius 3 is 2.10 bits per heavy atom. The number of anilines is 1. The van der Waals surface area contributed by atoms with Crippen molar-refractivity contribution in [3.05, 3.63) is 81.8 Å². The van der Waals surface area contributed by atoms with Gasteiger partial charge in [-0.15, -0.1) is 11.3 Å². The number of urea groups is 1. The molecule has 10 atom stereocenters. The van der Waals surface area contributed by atoms with Crippen LogP contribution in [0.5, 0.6) is 0 Å². The Hall–Kier alpha value is -7.47. The maximum Gasteiger partial charge on any atom is 0.312 e. The number of hydrogen-bond donors (Lipinski definition) is 9. The molecule has 1 aliphatic rings. The number of carbonyl (C=O) groups excluding carboxylic acids is 8. The lowest BCUT2D eigenvalue weighted by Crippen LogP contribution is -2.63. The zero-order chi connectivity index (χ0) is 62.4. The van der Waals surface area contributed by atoms with E-state index in [0.717, 1.165) is 35.3 Å². The van der Waals surface area contributed by atoms with Gasteiger partial charge in [0.25, 0.3) is 11.8 Å². The number of nitrogens with one attached hydrogen (secondary N) is 6. The van der Waals surface area contributed by atoms with E-state index >= 15 is 0 Å². The lowest BCUT2D eigenvalue weighted by Gasteiger charge is -2.44. The van der Waals surface area contributed by atoms with E-state index in [0.29, 0.717) is 47.5 Å². The number of nitrogens with zero attached hydrogens (tertiary/aromatic N) is 3. The molecule has 4 rings (SSSR count). The monoisotopic (exact) mass is 1190 g/mol. The maximum atomic E-state index is 14.9. The first kappa shape index (κ1) is 69.0. The molecule has 0 spiro atoms. The highest BCUT2D eigenvalue weighted by molar-refractivity contribution is 7.09. The van der Waals surface area contributed by atoms with Gasteiger partial charge in [-0.25, -0.2) is 9.78 Å². The number of carboxylic acid groups (broad SMARTS) is 2. The van der Waals surface area contributed by atoms with Crippen molar-refractivity contribution >= 4 is 76.4 Å². The van der Waals surface area contributed by atoms with Gasteiger partial charge in [0.2, 0.25) is 23.6 Å². The molecule has 8 amide bonds. The van der Waals surface area contributed by atoms with E-state index in [9.17, 15) is 53.1 Å². The number of piperidine rings is 1. The van der Waals surface area contributed by atoms with E-state index in [1.54, 1.807) is 50.2 Å². The molecule has 84 heavy (non-hydrogen) atoms. The normalized spacial score (nSPS) is 17.8. The fourth-order valence-corrected chi connectivity index (χ4v) is 11.3. The minimum Gasteiger partial charge on any atom is -0.481 e. The average molecular weight is 1190 g/mol. The topological polar surface area (TPSA) is 335 Å². The minimum atomic E-state index is -1.16. The third-order valence-electron chi connectivity index (χ3n) is 15.6. The third kappa shape index (κ3) is 21.6. The number of thiazole rings is 1. The quantitative estimate of drug-likeness (QED) is 0.0201. The predicted molar refractivity (Wildman–Crippen MR) is 317 cm³/mol. The molecule has 0 bridgehead atoms. The number of hydrogen-bond acceptors (Lipinski definition) is 13. The van der Waals surface area contributed by atoms with Crippen LogP contribution in [0.1, 0.15) is 152 Å². The largest absolute Gasteiger partial charge is 0.481 e. The van der Waals surface area contributed by atoms with E-state index in [2.05, 4.69) is 36.9 Å². The second kappa shape index (κ2) is 33.1. The first-order valence-electron chi connectivity index (χ1n) is 29.0. The number of nitrogens with two attached hydrogens (primary N) is 1. The highest BCUT2D eigenvalue weighted by Crippen LogP contribution is 2.32. The number of benzene rings is 2. The van der Waals surface area contributed by atoms with Gasteiger partial charge in [0.1, 0.15) is 35.4 Å². The van der Waals surface area contributed by atoms with Gasteiger partial charge in [-0.1, -0.05) is 97.4 Å². The summed E-state index contributed by atoms with van der Waals surface area (Å²) in [6.45, 7) is 15.3. The van der Waals surface area contributed by atoms with Crippen molar-refractivity contribution < 1.29 is 67.4 Å². The number of esters is 1. The number of carbonyl (C=O) groups is 10. The Bertz CT molecular complexity index is 2730. The summed E-state index contributed by atoms with van der Waals surface area (Å²) < 4.78 is 6.20. The molecule has 1 saturated heterocycles. The molecule has 3 aromatic rings. The van der Waals surface area contributed by atoms with Gasteiger partial charge in [-0.05, 0) is 74.0 Å². The fraction of sp³-hybridized carbons (Fsp3) is 0.583. The summed E-state index contributed by atoms with van der Waals surface area (Å²) in [4.78, 5) is 136. The van der Waals surface area contributed by atoms with Crippen LogP contribution in [0.4, 0.5) is 10.5 Å². The zero-order valence-corrected chi connectivity index (χ0v) is 51.1. The number of likely N-dealkylation sites (tertiary alicyclic amines) is 1. The standard InChI is InChI=1S/C60H88N10O13S/c1-11-37(6)52(58(79)69(9)46(35(2)3)32-48(83-39(8)71)57-66-45(34-84-57)54(76)64-43(30-38(7)59(80)81)31-40-18-13-12-14-19-40)68-55(77)47-21-15-16-29-70(47,10)33-41-22-24-42(25-23-41)63-53(75)44(20-17-28-62-60(61)82)65-56(78)51(36(4)5)67-49(72)26-27-50(73)74/h12-14,18-19,22-25,34-38,43-44,46-48,51-52H,11,15-17,20-21,26-33H2,1-10H3,(H9-,61,62,63,64,65,67,68,72,73,74,75,76,77,78,80,81,82)/p+1/t37-,38-,43+,44-,46+,47+,48+,51-,52-,70?/m0/s1. The second-order valence-electron chi connectivity index (χ2n) is 23.1. The summed E-state index contributed by atoms with van der Waals surface area (Å²) in [7, 11) is 3.70. The van der Waals surface area contributed by atoms with Crippen LogP contribution in [0.2, 0.25) is 0 Å². The Kier molecular flexibility index (Phi) is 27.2. The molecule has 2 heterocycles. The van der Waals surface area contributed by atoms with Gasteiger partial charge < -0.3 is 62.0 Å². The zero-order valence-electron chi connectivity index (χ0n) is 50.2. The average Bonchev–Trinajstić information content (AvgIpc) is 4.04. The summed E-state index contributed by atoms with van der Waals surface area (Å²) in [6, 6.07) is 11.2. The molecular formula is C60H89N10O13S+. The maximum absolute atomic E-state index is 14.9. The summed E-state index contributed by atoms with van der Waals surface area (Å²) in [5, 5.41) is 37.3. The van der Waals surface area contributed by atoms with Crippen molar-refractivity contribution in [2.75, 3.05) is 32.5 Å². The van der Waals surface area contributed by atoms with Crippen molar-refractivity contribution in [1.29, 1.82) is 0 Å². The van der Waals surface area contributed by atoms with E-state index in [4.69, 9.17) is 15.6 Å². The van der Waals surface area contributed by atoms with Gasteiger partial charge in [0, 0.05) is 68.5 Å². The first-order chi connectivity index (χ1) is 39.6. The molecule has 24 heteroatoms. The van der Waals surface area contributed by atoms with Crippen molar-refractivity contribution in [2.24, 2.45) is 29.4 Å². The molecule has 1 unspecified atom stereocenters. The summed E-state index contributed by atoms with van der Waals surface area (Å²) in [5.74, 6) is -7.24. The van der Waals surface area contributed by atoms with Crippen LogP contribution in [-0.4, -0.2) is 147 Å². The van der Waals surface area contributed by atoms with Gasteiger partial charge in [0.05, 0.1) is 25.9 Å². The van der Waals surface area contributed by atoms with Crippen LogP contribution in [0.25, 0.3) is 0 Å². The SMILES string of the molecule is CC[C@H](C)[C@H](NC(=O)[C@H]1CCCC[N+]1(C)Cc1ccc(NC(=O)[C@H](CCCNC(N)=O)NC(=O)[C@@H](NC(=O)CCC(=O)O)C(C)C)cc1)C(=O)N(C)[C@H](C[C@@H](OC(C)=O)c1nc(C(=O)N[C@@H](Cc2ccccc2)C[C@H](C)C(=O)O)cs1)C(C)C. The summed E-state index contributed by atoms with van der Waals surface area (Å²) in [5.41, 5.74) is 7.51. The number of likely N-dealkylation sites (N-methyl/N-ethyl adjacent to an activating group) is 2. The van der Waals surface area contributed by atoms with Crippen LogP contribution in [0.15, 0.2) is 60.0 Å². The number of carboxylic acids is 2. The number of aliphatic carboxylic acids is 2. The number of primary amides is 1. The van der Waals surface area contributed by atoms with Crippen LogP contribution in [0, 0.1) is 23.7 Å². The molecule has 10 N–H and O–H groups in total. The molecule has 1 aromatic heterocycles. The van der Waals surface area contributed by atoms with Crippen LogP contribution in [-0.2, 0) is 56.1 Å². The number of quaternary nitrogens is 1. The Morgan fingerprint density at radius 2 is 1.50 bits per heavy atom. The van der Waals surface area contributed by atoms with Crippen molar-refractivity contribution in [2.45, 2.75) is 175 Å². The highest BCUT2D eigenvalue weighted by Gasteiger charge is 2.44. The van der Waals surface area contributed by atoms with E-state index in [1.807, 2.05) is 77.2 Å². The van der Waals surface area contributed by atoms with Crippen LogP contribution < -0.4 is 37.6 Å². The van der Waals surface area contributed by atoms with Gasteiger partial charge in [0.15, 0.2) is 12.1 Å². The predicted octanol–water partition coefficient (Wildman–Crippen LogP) is 5.68. The molecule has 2 aromatic carbocycles. The molecule has 462 valence electrons. The van der Waals surface area contributed by atoms with Gasteiger partial charge >= 0.3 is 23.9 Å². The highest BCUT2D eigenvalue weighted by atomic mass is 32.1. The van der Waals surface area contributed by atoms with Crippen LogP contribution in [0.3, 0.4) is 0 Å². The lowest BCUT2D eigenvalue weighted by atomic mass is 9.92. The minimum absolute atomic E-state index is 0.0751. The van der Waals surface area contributed by atoms with Gasteiger partial charge in [-0.3, -0.25) is 43.2 Å². The van der Waals surface area contributed by atoms with Gasteiger partial charge in [-0.2, -0.15) is 0 Å².